The minimum Gasteiger partial charge on any atom is -0.478 e. The second-order valence-electron chi connectivity index (χ2n) is 5.63. The van der Waals surface area contributed by atoms with Crippen molar-refractivity contribution in [3.63, 3.8) is 0 Å². The molecule has 0 aliphatic heterocycles. The van der Waals surface area contributed by atoms with E-state index in [0.29, 0.717) is 4.47 Å². The molecule has 0 fully saturated rings. The number of halogens is 1. The fourth-order valence-electron chi connectivity index (χ4n) is 1.63. The third kappa shape index (κ3) is 4.31. The molecule has 1 aromatic heterocycles. The highest BCUT2D eigenvalue weighted by Crippen LogP contribution is 2.30. The van der Waals surface area contributed by atoms with E-state index in [9.17, 15) is 4.79 Å². The zero-order valence-corrected chi connectivity index (χ0v) is 15.2. The minimum absolute atomic E-state index is 0.0711. The molecule has 0 aliphatic rings. The van der Waals surface area contributed by atoms with E-state index in [4.69, 9.17) is 5.11 Å². The second-order valence-corrected chi connectivity index (χ2v) is 8.39. The molecule has 0 unspecified atom stereocenters. The summed E-state index contributed by atoms with van der Waals surface area (Å²) >= 11 is 6.53. The number of thioether (sulfide) groups is 1. The van der Waals surface area contributed by atoms with Crippen molar-refractivity contribution in [2.75, 3.05) is 0 Å². The normalized spacial score (nSPS) is 11.6. The summed E-state index contributed by atoms with van der Waals surface area (Å²) in [6.45, 7) is 6.45. The Morgan fingerprint density at radius 1 is 1.43 bits per heavy atom. The Kier molecular flexibility index (Phi) is 5.11. The van der Waals surface area contributed by atoms with Crippen LogP contribution in [0.2, 0.25) is 0 Å². The van der Waals surface area contributed by atoms with Crippen LogP contribution in [0.5, 0.6) is 0 Å². The van der Waals surface area contributed by atoms with Crippen molar-refractivity contribution < 1.29 is 9.90 Å². The molecular formula is C15H16BrNO2S2. The van der Waals surface area contributed by atoms with Crippen LogP contribution < -0.4 is 0 Å². The van der Waals surface area contributed by atoms with Gasteiger partial charge in [-0.25, -0.2) is 9.78 Å². The number of aromatic nitrogens is 1. The summed E-state index contributed by atoms with van der Waals surface area (Å²) in [4.78, 5) is 16.7. The van der Waals surface area contributed by atoms with Gasteiger partial charge in [0.2, 0.25) is 0 Å². The van der Waals surface area contributed by atoms with E-state index in [1.807, 2.05) is 6.07 Å². The van der Waals surface area contributed by atoms with Gasteiger partial charge < -0.3 is 5.11 Å². The van der Waals surface area contributed by atoms with Gasteiger partial charge in [0.05, 0.1) is 16.3 Å². The van der Waals surface area contributed by atoms with Crippen LogP contribution in [0.1, 0.15) is 41.8 Å². The van der Waals surface area contributed by atoms with Gasteiger partial charge in [0.15, 0.2) is 0 Å². The van der Waals surface area contributed by atoms with Crippen molar-refractivity contribution in [3.8, 4) is 0 Å². The molecule has 0 saturated heterocycles. The number of hydrogen-bond acceptors (Lipinski definition) is 4. The molecule has 2 aromatic rings. The largest absolute Gasteiger partial charge is 0.478 e. The lowest BCUT2D eigenvalue weighted by Crippen LogP contribution is -2.10. The number of carbonyl (C=O) groups is 1. The van der Waals surface area contributed by atoms with Crippen LogP contribution in [0.15, 0.2) is 32.9 Å². The first-order chi connectivity index (χ1) is 9.77. The Balaban J connectivity index is 2.08. The van der Waals surface area contributed by atoms with Gasteiger partial charge >= 0.3 is 5.97 Å². The molecule has 0 saturated carbocycles. The zero-order chi connectivity index (χ0) is 15.6. The highest BCUT2D eigenvalue weighted by molar-refractivity contribution is 9.10. The number of thiazole rings is 1. The molecule has 112 valence electrons. The second kappa shape index (κ2) is 6.50. The standard InChI is InChI=1S/C15H16BrNO2S2/c1-15(2,3)14-17-9(8-21-14)7-20-10-4-5-12(16)11(6-10)13(18)19/h4-6,8H,7H2,1-3H3,(H,18,19). The average Bonchev–Trinajstić information content (AvgIpc) is 2.86. The van der Waals surface area contributed by atoms with Crippen LogP contribution in [0.25, 0.3) is 0 Å². The van der Waals surface area contributed by atoms with Crippen molar-refractivity contribution in [2.24, 2.45) is 0 Å². The molecule has 1 N–H and O–H groups in total. The number of aromatic carboxylic acids is 1. The summed E-state index contributed by atoms with van der Waals surface area (Å²) in [6, 6.07) is 5.37. The van der Waals surface area contributed by atoms with Crippen molar-refractivity contribution in [2.45, 2.75) is 36.8 Å². The third-order valence-electron chi connectivity index (χ3n) is 2.75. The lowest BCUT2D eigenvalue weighted by Gasteiger charge is -2.13. The van der Waals surface area contributed by atoms with Gasteiger partial charge in [-0.1, -0.05) is 20.8 Å². The summed E-state index contributed by atoms with van der Waals surface area (Å²) in [5.74, 6) is -0.180. The van der Waals surface area contributed by atoms with Crippen molar-refractivity contribution in [3.05, 3.63) is 44.3 Å². The Morgan fingerprint density at radius 2 is 2.14 bits per heavy atom. The van der Waals surface area contributed by atoms with Gasteiger partial charge in [-0.2, -0.15) is 0 Å². The Hall–Kier alpha value is -0.850. The van der Waals surface area contributed by atoms with E-state index >= 15 is 0 Å². The molecule has 0 aliphatic carbocycles. The average molecular weight is 386 g/mol. The molecule has 6 heteroatoms. The maximum atomic E-state index is 11.1. The predicted octanol–water partition coefficient (Wildman–Crippen LogP) is 5.19. The van der Waals surface area contributed by atoms with Gasteiger partial charge in [-0.15, -0.1) is 23.1 Å². The highest BCUT2D eigenvalue weighted by Gasteiger charge is 2.18. The Bertz CT molecular complexity index is 662. The number of carboxylic acid groups (broad SMARTS) is 1. The SMILES string of the molecule is CC(C)(C)c1nc(CSc2ccc(Br)c(C(=O)O)c2)cs1. The molecule has 0 bridgehead atoms. The molecule has 0 spiro atoms. The monoisotopic (exact) mass is 385 g/mol. The topological polar surface area (TPSA) is 50.2 Å². The molecular weight excluding hydrogens is 370 g/mol. The smallest absolute Gasteiger partial charge is 0.336 e. The number of rotatable bonds is 4. The molecule has 3 nitrogen and oxygen atoms in total. The molecule has 1 aromatic carbocycles. The van der Waals surface area contributed by atoms with Crippen LogP contribution in [-0.4, -0.2) is 16.1 Å². The fourth-order valence-corrected chi connectivity index (χ4v) is 3.89. The summed E-state index contributed by atoms with van der Waals surface area (Å²) in [5.41, 5.74) is 1.39. The minimum atomic E-state index is -0.923. The van der Waals surface area contributed by atoms with E-state index in [2.05, 4.69) is 47.1 Å². The van der Waals surface area contributed by atoms with Crippen molar-refractivity contribution in [1.29, 1.82) is 0 Å². The molecule has 0 atom stereocenters. The number of hydrogen-bond donors (Lipinski definition) is 1. The fraction of sp³-hybridized carbons (Fsp3) is 0.333. The Morgan fingerprint density at radius 3 is 2.71 bits per heavy atom. The van der Waals surface area contributed by atoms with Gasteiger partial charge in [0.25, 0.3) is 0 Å². The quantitative estimate of drug-likeness (QED) is 0.735. The van der Waals surface area contributed by atoms with E-state index in [1.165, 1.54) is 0 Å². The maximum absolute atomic E-state index is 11.1. The highest BCUT2D eigenvalue weighted by atomic mass is 79.9. The molecule has 1 heterocycles. The molecule has 0 amide bonds. The summed E-state index contributed by atoms with van der Waals surface area (Å²) in [6.07, 6.45) is 0. The molecule has 2 rings (SSSR count). The van der Waals surface area contributed by atoms with Gasteiger partial charge in [0, 0.05) is 25.9 Å². The molecule has 0 radical (unpaired) electrons. The lowest BCUT2D eigenvalue weighted by molar-refractivity contribution is 0.0695. The van der Waals surface area contributed by atoms with E-state index in [0.717, 1.165) is 21.3 Å². The number of benzene rings is 1. The van der Waals surface area contributed by atoms with Gasteiger partial charge in [0.1, 0.15) is 0 Å². The molecule has 21 heavy (non-hydrogen) atoms. The van der Waals surface area contributed by atoms with Crippen LogP contribution >= 0.6 is 39.0 Å². The van der Waals surface area contributed by atoms with Crippen LogP contribution in [-0.2, 0) is 11.2 Å². The van der Waals surface area contributed by atoms with E-state index in [-0.39, 0.29) is 11.0 Å². The summed E-state index contributed by atoms with van der Waals surface area (Å²) in [5, 5.41) is 12.3. The first-order valence-electron chi connectivity index (χ1n) is 6.38. The number of nitrogens with zero attached hydrogens (tertiary/aromatic N) is 1. The van der Waals surface area contributed by atoms with E-state index < -0.39 is 5.97 Å². The number of carboxylic acids is 1. The zero-order valence-electron chi connectivity index (χ0n) is 12.0. The van der Waals surface area contributed by atoms with Gasteiger partial charge in [-0.05, 0) is 34.1 Å². The lowest BCUT2D eigenvalue weighted by atomic mass is 9.98. The Labute approximate surface area is 140 Å². The van der Waals surface area contributed by atoms with Crippen LogP contribution in [0.3, 0.4) is 0 Å². The summed E-state index contributed by atoms with van der Waals surface area (Å²) < 4.78 is 0.600. The summed E-state index contributed by atoms with van der Waals surface area (Å²) in [7, 11) is 0. The van der Waals surface area contributed by atoms with Crippen molar-refractivity contribution >= 4 is 45.0 Å². The van der Waals surface area contributed by atoms with Crippen LogP contribution in [0, 0.1) is 0 Å². The van der Waals surface area contributed by atoms with Gasteiger partial charge in [-0.3, -0.25) is 0 Å². The van der Waals surface area contributed by atoms with Crippen LogP contribution in [0.4, 0.5) is 0 Å². The van der Waals surface area contributed by atoms with Crippen molar-refractivity contribution in [1.82, 2.24) is 4.98 Å². The van der Waals surface area contributed by atoms with E-state index in [1.54, 1.807) is 35.2 Å². The maximum Gasteiger partial charge on any atom is 0.336 e. The first-order valence-corrected chi connectivity index (χ1v) is 9.04. The third-order valence-corrected chi connectivity index (χ3v) is 5.78. The predicted molar refractivity (Wildman–Crippen MR) is 91.5 cm³/mol. The first kappa shape index (κ1) is 16.5.